The summed E-state index contributed by atoms with van der Waals surface area (Å²) < 4.78 is 6.92. The molecule has 0 atom stereocenters. The van der Waals surface area contributed by atoms with Crippen LogP contribution >= 0.6 is 11.8 Å². The average Bonchev–Trinajstić information content (AvgIpc) is 3.36. The van der Waals surface area contributed by atoms with Crippen molar-refractivity contribution in [2.75, 3.05) is 5.75 Å². The summed E-state index contributed by atoms with van der Waals surface area (Å²) in [5.74, 6) is 0.0428. The van der Waals surface area contributed by atoms with Gasteiger partial charge in [-0.1, -0.05) is 18.7 Å². The molecule has 0 spiro atoms. The average molecular weight is 386 g/mol. The molecule has 0 bridgehead atoms. The third-order valence-corrected chi connectivity index (χ3v) is 4.46. The number of thioether (sulfide) groups is 1. The van der Waals surface area contributed by atoms with Crippen LogP contribution in [0.4, 0.5) is 0 Å². The number of carbonyl (C=O) groups is 2. The van der Waals surface area contributed by atoms with E-state index >= 15 is 0 Å². The maximum Gasteiger partial charge on any atom is 0.305 e. The highest BCUT2D eigenvalue weighted by Gasteiger charge is 2.16. The molecule has 3 aromatic heterocycles. The molecule has 0 aliphatic carbocycles. The molecule has 9 nitrogen and oxygen atoms in total. The number of hydrazine groups is 1. The molecule has 3 rings (SSSR count). The Labute approximate surface area is 159 Å². The van der Waals surface area contributed by atoms with E-state index in [-0.39, 0.29) is 17.4 Å². The van der Waals surface area contributed by atoms with Crippen LogP contribution in [0, 0.1) is 0 Å². The van der Waals surface area contributed by atoms with E-state index < -0.39 is 5.91 Å². The van der Waals surface area contributed by atoms with E-state index in [1.807, 2.05) is 16.7 Å². The van der Waals surface area contributed by atoms with Gasteiger partial charge in [0.1, 0.15) is 0 Å². The molecule has 2 N–H and O–H groups in total. The summed E-state index contributed by atoms with van der Waals surface area (Å²) >= 11 is 1.25. The van der Waals surface area contributed by atoms with Crippen LogP contribution in [0.2, 0.25) is 0 Å². The molecule has 0 saturated heterocycles. The first-order valence-electron chi connectivity index (χ1n) is 8.28. The predicted octanol–water partition coefficient (Wildman–Crippen LogP) is 1.90. The van der Waals surface area contributed by atoms with E-state index in [4.69, 9.17) is 4.42 Å². The molecule has 0 fully saturated rings. The third-order valence-electron chi connectivity index (χ3n) is 3.50. The number of aromatic nitrogens is 4. The Hall–Kier alpha value is -3.14. The van der Waals surface area contributed by atoms with Gasteiger partial charge in [0.2, 0.25) is 5.91 Å². The summed E-state index contributed by atoms with van der Waals surface area (Å²) in [6.07, 6.45) is 5.67. The third kappa shape index (κ3) is 4.73. The molecule has 0 aliphatic heterocycles. The van der Waals surface area contributed by atoms with Gasteiger partial charge in [0.15, 0.2) is 16.7 Å². The zero-order chi connectivity index (χ0) is 19.1. The quantitative estimate of drug-likeness (QED) is 0.471. The maximum absolute atomic E-state index is 12.0. The van der Waals surface area contributed by atoms with Crippen molar-refractivity contribution >= 4 is 23.6 Å². The number of hydrogen-bond donors (Lipinski definition) is 2. The normalized spacial score (nSPS) is 10.6. The summed E-state index contributed by atoms with van der Waals surface area (Å²) in [5, 5.41) is 9.07. The fraction of sp³-hybridized carbons (Fsp3) is 0.235. The van der Waals surface area contributed by atoms with Crippen molar-refractivity contribution in [3.63, 3.8) is 0 Å². The number of nitrogens with zero attached hydrogens (tertiary/aromatic N) is 4. The number of carbonyl (C=O) groups excluding carboxylic acids is 2. The van der Waals surface area contributed by atoms with E-state index in [1.54, 1.807) is 18.5 Å². The molecule has 10 heteroatoms. The first kappa shape index (κ1) is 18.6. The molecule has 0 unspecified atom stereocenters. The van der Waals surface area contributed by atoms with Crippen LogP contribution in [0.1, 0.15) is 23.9 Å². The van der Waals surface area contributed by atoms with Crippen LogP contribution in [0.3, 0.4) is 0 Å². The Morgan fingerprint density at radius 2 is 2.00 bits per heavy atom. The summed E-state index contributed by atoms with van der Waals surface area (Å²) in [6, 6.07) is 6.82. The largest absolute Gasteiger partial charge is 0.459 e. The lowest BCUT2D eigenvalue weighted by molar-refractivity contribution is -0.119. The first-order chi connectivity index (χ1) is 13.2. The summed E-state index contributed by atoms with van der Waals surface area (Å²) in [7, 11) is 0. The highest BCUT2D eigenvalue weighted by Crippen LogP contribution is 2.23. The van der Waals surface area contributed by atoms with Gasteiger partial charge >= 0.3 is 5.91 Å². The second-order valence-corrected chi connectivity index (χ2v) is 6.40. The minimum Gasteiger partial charge on any atom is -0.459 e. The lowest BCUT2D eigenvalue weighted by Gasteiger charge is -2.09. The predicted molar refractivity (Wildman–Crippen MR) is 98.6 cm³/mol. The summed E-state index contributed by atoms with van der Waals surface area (Å²) in [6.45, 7) is 2.78. The molecule has 2 amide bonds. The minimum absolute atomic E-state index is 0.0800. The van der Waals surface area contributed by atoms with Gasteiger partial charge in [0.25, 0.3) is 0 Å². The zero-order valence-electron chi connectivity index (χ0n) is 14.6. The maximum atomic E-state index is 12.0. The van der Waals surface area contributed by atoms with Gasteiger partial charge in [-0.25, -0.2) is 0 Å². The Bertz CT molecular complexity index is 895. The van der Waals surface area contributed by atoms with Crippen LogP contribution in [0.25, 0.3) is 11.4 Å². The molecule has 0 aromatic carbocycles. The van der Waals surface area contributed by atoms with Gasteiger partial charge in [-0.2, -0.15) is 0 Å². The fourth-order valence-electron chi connectivity index (χ4n) is 2.30. The van der Waals surface area contributed by atoms with Crippen LogP contribution in [-0.4, -0.2) is 37.3 Å². The summed E-state index contributed by atoms with van der Waals surface area (Å²) in [5.41, 5.74) is 5.55. The van der Waals surface area contributed by atoms with Crippen molar-refractivity contribution in [3.05, 3.63) is 48.7 Å². The second kappa shape index (κ2) is 8.99. The standard InChI is InChI=1S/C17H18N6O3S/c1-2-9-23-15(12-5-7-18-8-6-12)20-22-17(23)27-11-14(24)19-21-16(25)13-4-3-10-26-13/h3-8,10H,2,9,11H2,1H3,(H,19,24)(H,21,25). The lowest BCUT2D eigenvalue weighted by atomic mass is 10.2. The Morgan fingerprint density at radius 1 is 1.19 bits per heavy atom. The monoisotopic (exact) mass is 386 g/mol. The van der Waals surface area contributed by atoms with Gasteiger partial charge in [0, 0.05) is 24.5 Å². The lowest BCUT2D eigenvalue weighted by Crippen LogP contribution is -2.42. The van der Waals surface area contributed by atoms with Crippen LogP contribution in [-0.2, 0) is 11.3 Å². The van der Waals surface area contributed by atoms with Crippen molar-refractivity contribution in [3.8, 4) is 11.4 Å². The Morgan fingerprint density at radius 3 is 2.70 bits per heavy atom. The van der Waals surface area contributed by atoms with Crippen molar-refractivity contribution < 1.29 is 14.0 Å². The van der Waals surface area contributed by atoms with Crippen LogP contribution < -0.4 is 10.9 Å². The van der Waals surface area contributed by atoms with E-state index in [0.717, 1.165) is 24.4 Å². The van der Waals surface area contributed by atoms with Crippen molar-refractivity contribution in [1.29, 1.82) is 0 Å². The molecule has 0 saturated carbocycles. The molecule has 0 aliphatic rings. The molecule has 3 heterocycles. The van der Waals surface area contributed by atoms with E-state index in [1.165, 1.54) is 24.1 Å². The molecule has 3 aromatic rings. The molecule has 0 radical (unpaired) electrons. The molecular weight excluding hydrogens is 368 g/mol. The second-order valence-electron chi connectivity index (χ2n) is 5.46. The highest BCUT2D eigenvalue weighted by molar-refractivity contribution is 7.99. The first-order valence-corrected chi connectivity index (χ1v) is 9.26. The zero-order valence-corrected chi connectivity index (χ0v) is 15.4. The Balaban J connectivity index is 1.59. The van der Waals surface area contributed by atoms with Gasteiger partial charge in [-0.15, -0.1) is 10.2 Å². The van der Waals surface area contributed by atoms with E-state index in [0.29, 0.717) is 5.16 Å². The number of hydrogen-bond acceptors (Lipinski definition) is 7. The fourth-order valence-corrected chi connectivity index (χ4v) is 3.06. The minimum atomic E-state index is -0.521. The highest BCUT2D eigenvalue weighted by atomic mass is 32.2. The Kier molecular flexibility index (Phi) is 6.21. The number of furan rings is 1. The SMILES string of the molecule is CCCn1c(SCC(=O)NNC(=O)c2ccco2)nnc1-c1ccncc1. The van der Waals surface area contributed by atoms with E-state index in [9.17, 15) is 9.59 Å². The van der Waals surface area contributed by atoms with Crippen molar-refractivity contribution in [2.24, 2.45) is 0 Å². The number of amides is 2. The van der Waals surface area contributed by atoms with Crippen molar-refractivity contribution in [2.45, 2.75) is 25.0 Å². The molecule has 27 heavy (non-hydrogen) atoms. The number of pyridine rings is 1. The topological polar surface area (TPSA) is 115 Å². The van der Waals surface area contributed by atoms with Gasteiger partial charge in [-0.05, 0) is 30.7 Å². The van der Waals surface area contributed by atoms with Crippen molar-refractivity contribution in [1.82, 2.24) is 30.6 Å². The van der Waals surface area contributed by atoms with Gasteiger partial charge in [0.05, 0.1) is 12.0 Å². The number of rotatable bonds is 7. The van der Waals surface area contributed by atoms with Crippen LogP contribution in [0.5, 0.6) is 0 Å². The number of nitrogens with one attached hydrogen (secondary N) is 2. The molecular formula is C17H18N6O3S. The summed E-state index contributed by atoms with van der Waals surface area (Å²) in [4.78, 5) is 27.7. The van der Waals surface area contributed by atoms with E-state index in [2.05, 4.69) is 33.0 Å². The smallest absolute Gasteiger partial charge is 0.305 e. The van der Waals surface area contributed by atoms with Gasteiger partial charge in [-0.3, -0.25) is 25.4 Å². The van der Waals surface area contributed by atoms with Crippen LogP contribution in [0.15, 0.2) is 52.5 Å². The van der Waals surface area contributed by atoms with Gasteiger partial charge < -0.3 is 8.98 Å². The molecule has 140 valence electrons.